The maximum Gasteiger partial charge on any atom is 0.295 e. The predicted molar refractivity (Wildman–Crippen MR) is 69.2 cm³/mol. The zero-order valence-corrected chi connectivity index (χ0v) is 11.7. The van der Waals surface area contributed by atoms with Crippen LogP contribution >= 0.6 is 15.9 Å². The molecule has 1 aliphatic heterocycles. The van der Waals surface area contributed by atoms with Crippen molar-refractivity contribution in [1.82, 2.24) is 0 Å². The normalized spacial score (nSPS) is 16.1. The molecule has 18 heavy (non-hydrogen) atoms. The van der Waals surface area contributed by atoms with E-state index in [9.17, 15) is 13.2 Å². The Morgan fingerprint density at radius 3 is 2.61 bits per heavy atom. The molecule has 1 aliphatic rings. The Kier molecular flexibility index (Phi) is 3.26. The molecule has 0 radical (unpaired) electrons. The van der Waals surface area contributed by atoms with Gasteiger partial charge in [-0.1, -0.05) is 0 Å². The first-order valence-electron chi connectivity index (χ1n) is 4.93. The van der Waals surface area contributed by atoms with E-state index in [-0.39, 0.29) is 21.7 Å². The molecule has 0 aliphatic carbocycles. The maximum absolute atomic E-state index is 11.6. The molecule has 0 bridgehead atoms. The summed E-state index contributed by atoms with van der Waals surface area (Å²) in [7, 11) is -4.35. The quantitative estimate of drug-likeness (QED) is 0.836. The van der Waals surface area contributed by atoms with Crippen molar-refractivity contribution in [3.63, 3.8) is 0 Å². The number of rotatable bonds is 2. The average molecular weight is 333 g/mol. The first kappa shape index (κ1) is 13.2. The van der Waals surface area contributed by atoms with Crippen LogP contribution < -0.4 is 5.01 Å². The molecule has 1 N–H and O–H groups in total. The monoisotopic (exact) mass is 332 g/mol. The van der Waals surface area contributed by atoms with E-state index in [1.54, 1.807) is 13.0 Å². The summed E-state index contributed by atoms with van der Waals surface area (Å²) in [6, 6.07) is 4.17. The van der Waals surface area contributed by atoms with Crippen LogP contribution in [0.3, 0.4) is 0 Å². The lowest BCUT2D eigenvalue weighted by Crippen LogP contribution is -2.19. The number of nitrogens with zero attached hydrogens (tertiary/aromatic N) is 2. The lowest BCUT2D eigenvalue weighted by Gasteiger charge is -2.13. The van der Waals surface area contributed by atoms with Crippen molar-refractivity contribution in [3.05, 3.63) is 22.7 Å². The maximum atomic E-state index is 11.6. The summed E-state index contributed by atoms with van der Waals surface area (Å²) in [5, 5.41) is 5.12. The summed E-state index contributed by atoms with van der Waals surface area (Å²) in [6.45, 7) is 1.71. The Morgan fingerprint density at radius 1 is 1.44 bits per heavy atom. The summed E-state index contributed by atoms with van der Waals surface area (Å²) in [5.41, 5.74) is 0.948. The molecular weight excluding hydrogens is 324 g/mol. The van der Waals surface area contributed by atoms with Crippen LogP contribution in [0.4, 0.5) is 5.69 Å². The summed E-state index contributed by atoms with van der Waals surface area (Å²) in [6.07, 6.45) is 0.206. The topological polar surface area (TPSA) is 87.0 Å². The zero-order valence-electron chi connectivity index (χ0n) is 9.29. The Morgan fingerprint density at radius 2 is 2.11 bits per heavy atom. The van der Waals surface area contributed by atoms with E-state index >= 15 is 0 Å². The van der Waals surface area contributed by atoms with Gasteiger partial charge in [0.1, 0.15) is 4.90 Å². The van der Waals surface area contributed by atoms with Crippen LogP contribution in [0, 0.1) is 0 Å². The number of hydrogen-bond donors (Lipinski definition) is 1. The van der Waals surface area contributed by atoms with Gasteiger partial charge in [0.05, 0.1) is 12.1 Å². The molecule has 8 heteroatoms. The lowest BCUT2D eigenvalue weighted by atomic mass is 10.3. The van der Waals surface area contributed by atoms with Crippen LogP contribution in [0.1, 0.15) is 13.3 Å². The van der Waals surface area contributed by atoms with E-state index in [2.05, 4.69) is 21.0 Å². The smallest absolute Gasteiger partial charge is 0.282 e. The first-order chi connectivity index (χ1) is 8.29. The number of benzene rings is 1. The second-order valence-electron chi connectivity index (χ2n) is 3.81. The summed E-state index contributed by atoms with van der Waals surface area (Å²) in [5.74, 6) is -0.240. The molecule has 0 aromatic heterocycles. The van der Waals surface area contributed by atoms with Gasteiger partial charge < -0.3 is 0 Å². The van der Waals surface area contributed by atoms with Crippen molar-refractivity contribution < 1.29 is 17.8 Å². The molecule has 0 saturated heterocycles. The van der Waals surface area contributed by atoms with E-state index < -0.39 is 10.1 Å². The van der Waals surface area contributed by atoms with Crippen molar-refractivity contribution in [2.45, 2.75) is 18.2 Å². The summed E-state index contributed by atoms with van der Waals surface area (Å²) >= 11 is 3.02. The molecule has 0 saturated carbocycles. The van der Waals surface area contributed by atoms with Crippen molar-refractivity contribution in [3.8, 4) is 0 Å². The van der Waals surface area contributed by atoms with Gasteiger partial charge in [0.15, 0.2) is 0 Å². The van der Waals surface area contributed by atoms with Gasteiger partial charge in [0, 0.05) is 10.2 Å². The van der Waals surface area contributed by atoms with Crippen molar-refractivity contribution >= 4 is 43.4 Å². The highest BCUT2D eigenvalue weighted by Crippen LogP contribution is 2.29. The fraction of sp³-hybridized carbons (Fsp3) is 0.200. The minimum Gasteiger partial charge on any atom is -0.282 e. The Hall–Kier alpha value is -1.25. The highest BCUT2D eigenvalue weighted by atomic mass is 79.9. The third-order valence-electron chi connectivity index (χ3n) is 2.35. The second kappa shape index (κ2) is 4.45. The number of anilines is 1. The predicted octanol–water partition coefficient (Wildman–Crippen LogP) is 1.81. The minimum atomic E-state index is -4.35. The molecule has 6 nitrogen and oxygen atoms in total. The van der Waals surface area contributed by atoms with Crippen LogP contribution in [0.25, 0.3) is 0 Å². The van der Waals surface area contributed by atoms with E-state index in [0.29, 0.717) is 11.4 Å². The number of carbonyl (C=O) groups excluding carboxylic acids is 1. The molecular formula is C10H9BrN2O4S. The highest BCUT2D eigenvalue weighted by Gasteiger charge is 2.24. The molecule has 0 unspecified atom stereocenters. The van der Waals surface area contributed by atoms with E-state index in [4.69, 9.17) is 4.55 Å². The summed E-state index contributed by atoms with van der Waals surface area (Å²) < 4.78 is 31.6. The van der Waals surface area contributed by atoms with Gasteiger partial charge in [-0.2, -0.15) is 13.5 Å². The molecule has 0 spiro atoms. The third-order valence-corrected chi connectivity index (χ3v) is 4.20. The largest absolute Gasteiger partial charge is 0.295 e. The molecule has 0 fully saturated rings. The van der Waals surface area contributed by atoms with Gasteiger partial charge in [-0.25, -0.2) is 5.01 Å². The molecule has 1 amide bonds. The van der Waals surface area contributed by atoms with Gasteiger partial charge in [0.25, 0.3) is 16.0 Å². The second-order valence-corrected chi connectivity index (χ2v) is 6.05. The van der Waals surface area contributed by atoms with Crippen LogP contribution in [0.5, 0.6) is 0 Å². The van der Waals surface area contributed by atoms with Crippen molar-refractivity contribution in [2.24, 2.45) is 5.10 Å². The van der Waals surface area contributed by atoms with E-state index in [1.807, 2.05) is 0 Å². The Labute approximate surface area is 112 Å². The average Bonchev–Trinajstić information content (AvgIpc) is 2.57. The van der Waals surface area contributed by atoms with Crippen LogP contribution in [-0.2, 0) is 14.9 Å². The molecule has 1 heterocycles. The van der Waals surface area contributed by atoms with Crippen molar-refractivity contribution in [1.29, 1.82) is 0 Å². The lowest BCUT2D eigenvalue weighted by molar-refractivity contribution is -0.116. The van der Waals surface area contributed by atoms with Gasteiger partial charge in [-0.05, 0) is 41.1 Å². The molecule has 2 rings (SSSR count). The fourth-order valence-electron chi connectivity index (χ4n) is 1.58. The van der Waals surface area contributed by atoms with Gasteiger partial charge in [-0.15, -0.1) is 0 Å². The van der Waals surface area contributed by atoms with E-state index in [0.717, 1.165) is 5.01 Å². The number of amides is 1. The van der Waals surface area contributed by atoms with Crippen LogP contribution in [0.2, 0.25) is 0 Å². The molecule has 1 aromatic rings. The van der Waals surface area contributed by atoms with Gasteiger partial charge in [0.2, 0.25) is 0 Å². The van der Waals surface area contributed by atoms with Crippen LogP contribution in [0.15, 0.2) is 32.7 Å². The number of carbonyl (C=O) groups is 1. The number of hydrogen-bond acceptors (Lipinski definition) is 4. The van der Waals surface area contributed by atoms with Crippen LogP contribution in [-0.4, -0.2) is 24.6 Å². The zero-order chi connectivity index (χ0) is 13.5. The van der Waals surface area contributed by atoms with Gasteiger partial charge in [-0.3, -0.25) is 9.35 Å². The number of hydrazone groups is 1. The first-order valence-corrected chi connectivity index (χ1v) is 7.16. The standard InChI is InChI=1S/C10H9BrN2O4S/c1-6-4-10(14)13(12-6)7-2-3-8(11)9(5-7)18(15,16)17/h2-3,5H,4H2,1H3,(H,15,16,17). The SMILES string of the molecule is CC1=NN(c2ccc(Br)c(S(=O)(=O)O)c2)C(=O)C1. The molecule has 96 valence electrons. The minimum absolute atomic E-state index is 0.206. The number of halogens is 1. The van der Waals surface area contributed by atoms with Crippen molar-refractivity contribution in [2.75, 3.05) is 5.01 Å². The highest BCUT2D eigenvalue weighted by molar-refractivity contribution is 9.10. The Bertz CT molecular complexity index is 654. The summed E-state index contributed by atoms with van der Waals surface area (Å²) in [4.78, 5) is 11.3. The van der Waals surface area contributed by atoms with E-state index in [1.165, 1.54) is 12.1 Å². The molecule has 1 aromatic carbocycles. The van der Waals surface area contributed by atoms with Gasteiger partial charge >= 0.3 is 0 Å². The third kappa shape index (κ3) is 2.45. The Balaban J connectivity index is 2.52. The fourth-order valence-corrected chi connectivity index (χ4v) is 3.02. The molecule has 0 atom stereocenters.